The molecule has 1 aromatic rings. The maximum absolute atomic E-state index is 12.3. The first-order chi connectivity index (χ1) is 11.3. The van der Waals surface area contributed by atoms with Gasteiger partial charge in [-0.05, 0) is 38.5 Å². The van der Waals surface area contributed by atoms with Crippen LogP contribution in [0.1, 0.15) is 38.3 Å². The monoisotopic (exact) mass is 330 g/mol. The fourth-order valence-corrected chi connectivity index (χ4v) is 3.23. The highest BCUT2D eigenvalue weighted by atomic mass is 16.7. The number of amides is 1. The van der Waals surface area contributed by atoms with Gasteiger partial charge in [0.1, 0.15) is 24.1 Å². The van der Waals surface area contributed by atoms with Gasteiger partial charge in [0.25, 0.3) is 0 Å². The third-order valence-electron chi connectivity index (χ3n) is 4.38. The Hall–Kier alpha value is -2.10. The molecule has 2 fully saturated rings. The third kappa shape index (κ3) is 3.10. The zero-order chi connectivity index (χ0) is 17.4. The molecule has 0 aromatic heterocycles. The normalized spacial score (nSPS) is 26.6. The number of ether oxygens (including phenoxy) is 3. The summed E-state index contributed by atoms with van der Waals surface area (Å²) < 4.78 is 17.1. The van der Waals surface area contributed by atoms with Crippen LogP contribution >= 0.6 is 0 Å². The minimum Gasteiger partial charge on any atom is -0.444 e. The summed E-state index contributed by atoms with van der Waals surface area (Å²) in [6, 6.07) is 9.56. The van der Waals surface area contributed by atoms with E-state index in [4.69, 9.17) is 19.5 Å². The van der Waals surface area contributed by atoms with E-state index in [1.54, 1.807) is 11.0 Å². The van der Waals surface area contributed by atoms with Crippen LogP contribution in [0.4, 0.5) is 4.79 Å². The predicted octanol–water partition coefficient (Wildman–Crippen LogP) is 2.77. The van der Waals surface area contributed by atoms with Gasteiger partial charge in [0, 0.05) is 13.0 Å². The number of carbonyl (C=O) groups excluding carboxylic acids is 1. The van der Waals surface area contributed by atoms with E-state index in [0.717, 1.165) is 5.56 Å². The fourth-order valence-electron chi connectivity index (χ4n) is 3.23. The Kier molecular flexibility index (Phi) is 4.24. The third-order valence-corrected chi connectivity index (χ3v) is 4.38. The average Bonchev–Trinajstić information content (AvgIpc) is 2.97. The van der Waals surface area contributed by atoms with Crippen LogP contribution in [0.2, 0.25) is 0 Å². The highest BCUT2D eigenvalue weighted by Crippen LogP contribution is 2.42. The van der Waals surface area contributed by atoms with Gasteiger partial charge in [0.15, 0.2) is 0 Å². The van der Waals surface area contributed by atoms with Crippen molar-refractivity contribution in [2.75, 3.05) is 19.9 Å². The molecule has 1 amide bonds. The number of likely N-dealkylation sites (tertiary alicyclic amines) is 1. The van der Waals surface area contributed by atoms with Crippen molar-refractivity contribution in [2.45, 2.75) is 44.5 Å². The molecular weight excluding hydrogens is 308 g/mol. The summed E-state index contributed by atoms with van der Waals surface area (Å²) in [4.78, 5) is 14.0. The highest BCUT2D eigenvalue weighted by Gasteiger charge is 2.51. The minimum atomic E-state index is -0.606. The number of fused-ring (bicyclic) bond motifs is 1. The van der Waals surface area contributed by atoms with Crippen molar-refractivity contribution in [2.24, 2.45) is 0 Å². The molecule has 0 aliphatic carbocycles. The summed E-state index contributed by atoms with van der Waals surface area (Å²) >= 11 is 0. The minimum absolute atomic E-state index is 0.184. The lowest BCUT2D eigenvalue weighted by Gasteiger charge is -2.42. The van der Waals surface area contributed by atoms with Crippen LogP contribution in [0, 0.1) is 11.3 Å². The number of nitriles is 1. The van der Waals surface area contributed by atoms with E-state index in [9.17, 15) is 4.79 Å². The van der Waals surface area contributed by atoms with E-state index >= 15 is 0 Å². The van der Waals surface area contributed by atoms with Gasteiger partial charge in [-0.25, -0.2) is 4.79 Å². The molecule has 6 nitrogen and oxygen atoms in total. The van der Waals surface area contributed by atoms with Gasteiger partial charge in [-0.1, -0.05) is 12.1 Å². The molecule has 2 atom stereocenters. The number of carbonyl (C=O) groups is 1. The number of piperidine rings is 1. The first-order valence-electron chi connectivity index (χ1n) is 8.08. The van der Waals surface area contributed by atoms with Gasteiger partial charge in [-0.2, -0.15) is 5.26 Å². The van der Waals surface area contributed by atoms with Gasteiger partial charge in [0.2, 0.25) is 0 Å². The zero-order valence-electron chi connectivity index (χ0n) is 14.2. The lowest BCUT2D eigenvalue weighted by molar-refractivity contribution is -0.0537. The molecule has 2 heterocycles. The van der Waals surface area contributed by atoms with Crippen molar-refractivity contribution in [1.82, 2.24) is 4.90 Å². The lowest BCUT2D eigenvalue weighted by Crippen LogP contribution is -2.54. The topological polar surface area (TPSA) is 71.8 Å². The highest BCUT2D eigenvalue weighted by molar-refractivity contribution is 5.68. The van der Waals surface area contributed by atoms with Crippen LogP contribution < -0.4 is 0 Å². The second kappa shape index (κ2) is 6.08. The van der Waals surface area contributed by atoms with Crippen LogP contribution in [0.5, 0.6) is 0 Å². The molecule has 3 rings (SSSR count). The van der Waals surface area contributed by atoms with E-state index in [1.165, 1.54) is 0 Å². The molecule has 128 valence electrons. The molecule has 0 unspecified atom stereocenters. The molecule has 2 aliphatic heterocycles. The van der Waals surface area contributed by atoms with Crippen molar-refractivity contribution in [3.8, 4) is 6.07 Å². The van der Waals surface area contributed by atoms with Crippen LogP contribution in [0.3, 0.4) is 0 Å². The summed E-state index contributed by atoms with van der Waals surface area (Å²) in [6.07, 6.45) is -0.00343. The molecule has 0 spiro atoms. The summed E-state index contributed by atoms with van der Waals surface area (Å²) in [5.41, 5.74) is 0.379. The summed E-state index contributed by atoms with van der Waals surface area (Å²) in [7, 11) is 0. The van der Waals surface area contributed by atoms with Crippen LogP contribution in [0.15, 0.2) is 24.3 Å². The molecule has 0 radical (unpaired) electrons. The second-order valence-corrected chi connectivity index (χ2v) is 7.18. The van der Waals surface area contributed by atoms with E-state index < -0.39 is 11.2 Å². The molecular formula is C18H22N2O4. The van der Waals surface area contributed by atoms with Gasteiger partial charge in [0.05, 0.1) is 18.2 Å². The number of hydrogen-bond acceptors (Lipinski definition) is 5. The Morgan fingerprint density at radius 1 is 1.46 bits per heavy atom. The fraction of sp³-hybridized carbons (Fsp3) is 0.556. The molecule has 2 saturated heterocycles. The van der Waals surface area contributed by atoms with Crippen molar-refractivity contribution in [3.63, 3.8) is 0 Å². The molecule has 6 heteroatoms. The standard InChI is InChI=1S/C18H22N2O4/c1-17(2,3)24-16(21)20-8-7-18(15(11-20)22-12-23-18)14-6-4-5-13(9-14)10-19/h4-6,9,15H,7-8,11-12H2,1-3H3/t15-,18-/m1/s1. The maximum Gasteiger partial charge on any atom is 0.410 e. The summed E-state index contributed by atoms with van der Waals surface area (Å²) in [6.45, 7) is 6.66. The Morgan fingerprint density at radius 3 is 2.96 bits per heavy atom. The van der Waals surface area contributed by atoms with Gasteiger partial charge in [-0.15, -0.1) is 0 Å². The number of hydrogen-bond donors (Lipinski definition) is 0. The summed E-state index contributed by atoms with van der Waals surface area (Å²) in [5.74, 6) is 0. The van der Waals surface area contributed by atoms with Crippen molar-refractivity contribution < 1.29 is 19.0 Å². The van der Waals surface area contributed by atoms with Crippen LogP contribution in [-0.4, -0.2) is 42.6 Å². The number of rotatable bonds is 1. The van der Waals surface area contributed by atoms with E-state index in [-0.39, 0.29) is 19.0 Å². The van der Waals surface area contributed by atoms with Gasteiger partial charge >= 0.3 is 6.09 Å². The SMILES string of the molecule is CC(C)(C)OC(=O)N1CC[C@]2(c3cccc(C#N)c3)OCO[C@@H]2C1. The van der Waals surface area contributed by atoms with E-state index in [2.05, 4.69) is 6.07 Å². The zero-order valence-corrected chi connectivity index (χ0v) is 14.2. The van der Waals surface area contributed by atoms with Crippen molar-refractivity contribution >= 4 is 6.09 Å². The smallest absolute Gasteiger partial charge is 0.410 e. The van der Waals surface area contributed by atoms with Gasteiger partial charge < -0.3 is 19.1 Å². The Bertz CT molecular complexity index is 676. The first kappa shape index (κ1) is 16.7. The predicted molar refractivity (Wildman–Crippen MR) is 86.1 cm³/mol. The molecule has 24 heavy (non-hydrogen) atoms. The largest absolute Gasteiger partial charge is 0.444 e. The number of nitrogens with zero attached hydrogens (tertiary/aromatic N) is 2. The Balaban J connectivity index is 1.80. The van der Waals surface area contributed by atoms with Crippen molar-refractivity contribution in [1.29, 1.82) is 5.26 Å². The molecule has 0 bridgehead atoms. The average molecular weight is 330 g/mol. The second-order valence-electron chi connectivity index (χ2n) is 7.18. The van der Waals surface area contributed by atoms with E-state index in [0.29, 0.717) is 25.1 Å². The van der Waals surface area contributed by atoms with E-state index in [1.807, 2.05) is 39.0 Å². The van der Waals surface area contributed by atoms with Gasteiger partial charge in [-0.3, -0.25) is 0 Å². The van der Waals surface area contributed by atoms with Crippen LogP contribution in [-0.2, 0) is 19.8 Å². The van der Waals surface area contributed by atoms with Crippen LogP contribution in [0.25, 0.3) is 0 Å². The maximum atomic E-state index is 12.3. The molecule has 2 aliphatic rings. The quantitative estimate of drug-likeness (QED) is 0.792. The first-order valence-corrected chi connectivity index (χ1v) is 8.08. The number of benzene rings is 1. The molecule has 0 saturated carbocycles. The molecule has 0 N–H and O–H groups in total. The lowest BCUT2D eigenvalue weighted by atomic mass is 9.81. The summed E-state index contributed by atoms with van der Waals surface area (Å²) in [5, 5.41) is 9.13. The Labute approximate surface area is 141 Å². The molecule has 1 aromatic carbocycles. The Morgan fingerprint density at radius 2 is 2.25 bits per heavy atom. The van der Waals surface area contributed by atoms with Crippen molar-refractivity contribution in [3.05, 3.63) is 35.4 Å².